The van der Waals surface area contributed by atoms with Crippen molar-refractivity contribution in [1.29, 1.82) is 0 Å². The van der Waals surface area contributed by atoms with Crippen LogP contribution in [-0.2, 0) is 19.1 Å². The van der Waals surface area contributed by atoms with Gasteiger partial charge in [-0.1, -0.05) is 69.7 Å². The van der Waals surface area contributed by atoms with Crippen molar-refractivity contribution in [3.8, 4) is 0 Å². The number of ether oxygens (including phenoxy) is 1. The Bertz CT molecular complexity index is 1160. The lowest BCUT2D eigenvalue weighted by atomic mass is 9.64. The predicted octanol–water partition coefficient (Wildman–Crippen LogP) is 4.50. The van der Waals surface area contributed by atoms with Gasteiger partial charge < -0.3 is 24.5 Å². The summed E-state index contributed by atoms with van der Waals surface area (Å²) in [5.74, 6) is -2.15. The lowest BCUT2D eigenvalue weighted by molar-refractivity contribution is -0.159. The molecule has 3 fully saturated rings. The number of aliphatic hydroxyl groups is 1. The third-order valence-electron chi connectivity index (χ3n) is 9.81. The molecule has 1 spiro atoms. The summed E-state index contributed by atoms with van der Waals surface area (Å²) in [5.41, 5.74) is -1.25. The summed E-state index contributed by atoms with van der Waals surface area (Å²) in [6.07, 6.45) is 7.56. The van der Waals surface area contributed by atoms with E-state index in [9.17, 15) is 19.5 Å². The number of amides is 3. The summed E-state index contributed by atoms with van der Waals surface area (Å²) >= 11 is 0. The first-order valence-corrected chi connectivity index (χ1v) is 15.7. The first kappa shape index (κ1) is 32.0. The average Bonchev–Trinajstić information content (AvgIpc) is 3.60. The van der Waals surface area contributed by atoms with Gasteiger partial charge in [-0.15, -0.1) is 13.2 Å². The first-order chi connectivity index (χ1) is 20.2. The van der Waals surface area contributed by atoms with E-state index in [1.807, 2.05) is 51.1 Å². The lowest BCUT2D eigenvalue weighted by Crippen LogP contribution is -2.58. The SMILES string of the molecule is C=CCN(CCC)C(=O)[C@@H]1[C@H]2C(=O)N([C@H](CO)c3ccccc3)C(C(=O)N(CC=C)C(C)CCC)C23CC[C@@]1(CC)O3. The Morgan fingerprint density at radius 2 is 1.79 bits per heavy atom. The van der Waals surface area contributed by atoms with Crippen LogP contribution in [0.25, 0.3) is 0 Å². The summed E-state index contributed by atoms with van der Waals surface area (Å²) < 4.78 is 7.00. The molecule has 7 atom stereocenters. The molecule has 0 radical (unpaired) electrons. The highest BCUT2D eigenvalue weighted by molar-refractivity contribution is 5.99. The van der Waals surface area contributed by atoms with Crippen LogP contribution in [0.3, 0.4) is 0 Å². The lowest BCUT2D eigenvalue weighted by Gasteiger charge is -2.41. The Labute approximate surface area is 251 Å². The molecule has 3 amide bonds. The van der Waals surface area contributed by atoms with E-state index < -0.39 is 35.1 Å². The van der Waals surface area contributed by atoms with Crippen LogP contribution in [0.5, 0.6) is 0 Å². The number of nitrogens with zero attached hydrogens (tertiary/aromatic N) is 3. The maximum absolute atomic E-state index is 14.8. The van der Waals surface area contributed by atoms with Crippen molar-refractivity contribution in [2.75, 3.05) is 26.2 Å². The smallest absolute Gasteiger partial charge is 0.248 e. The van der Waals surface area contributed by atoms with Crippen molar-refractivity contribution in [2.24, 2.45) is 11.8 Å². The van der Waals surface area contributed by atoms with Gasteiger partial charge >= 0.3 is 0 Å². The fourth-order valence-electron chi connectivity index (χ4n) is 7.95. The van der Waals surface area contributed by atoms with Crippen molar-refractivity contribution in [2.45, 2.75) is 95.5 Å². The number of benzene rings is 1. The molecule has 4 rings (SSSR count). The molecule has 0 aromatic heterocycles. The van der Waals surface area contributed by atoms with E-state index in [1.54, 1.807) is 26.9 Å². The van der Waals surface area contributed by atoms with Crippen LogP contribution in [-0.4, -0.2) is 87.1 Å². The number of hydrogen-bond donors (Lipinski definition) is 1. The topological polar surface area (TPSA) is 90.4 Å². The van der Waals surface area contributed by atoms with E-state index in [0.717, 1.165) is 24.8 Å². The molecule has 3 aliphatic heterocycles. The molecule has 42 heavy (non-hydrogen) atoms. The molecule has 230 valence electrons. The monoisotopic (exact) mass is 579 g/mol. The van der Waals surface area contributed by atoms with Crippen LogP contribution < -0.4 is 0 Å². The van der Waals surface area contributed by atoms with Crippen LogP contribution in [0.1, 0.15) is 77.8 Å². The first-order valence-electron chi connectivity index (χ1n) is 15.7. The molecule has 3 saturated heterocycles. The number of hydrogen-bond acceptors (Lipinski definition) is 5. The minimum absolute atomic E-state index is 0.0824. The summed E-state index contributed by atoms with van der Waals surface area (Å²) in [7, 11) is 0. The van der Waals surface area contributed by atoms with E-state index in [-0.39, 0.29) is 30.4 Å². The molecule has 1 aromatic rings. The zero-order chi connectivity index (χ0) is 30.7. The Hall–Kier alpha value is -2.97. The van der Waals surface area contributed by atoms with Crippen molar-refractivity contribution in [1.82, 2.24) is 14.7 Å². The number of fused-ring (bicyclic) bond motifs is 1. The van der Waals surface area contributed by atoms with Crippen LogP contribution in [0, 0.1) is 11.8 Å². The standard InChI is InChI=1S/C34H49N3O5/c1-7-15-24(6)36(22-10-4)32(41)29-34-19-18-33(11-5,42-34)27(30(39)35(20-8-2)21-9-3)28(34)31(40)37(29)26(23-38)25-16-13-12-14-17-25/h8,10,12-14,16-17,24,26-29,38H,2,4,7,9,11,15,18-23H2,1,3,5-6H3/t24?,26-,27+,28+,29?,33-,34?/m1/s1. The zero-order valence-corrected chi connectivity index (χ0v) is 25.8. The van der Waals surface area contributed by atoms with Gasteiger partial charge in [-0.05, 0) is 44.6 Å². The number of rotatable bonds is 15. The Morgan fingerprint density at radius 3 is 2.36 bits per heavy atom. The molecule has 0 aliphatic carbocycles. The second-order valence-electron chi connectivity index (χ2n) is 12.2. The number of carbonyl (C=O) groups excluding carboxylic acids is 3. The largest absolute Gasteiger partial charge is 0.394 e. The summed E-state index contributed by atoms with van der Waals surface area (Å²) in [5, 5.41) is 10.8. The molecule has 2 bridgehead atoms. The van der Waals surface area contributed by atoms with Gasteiger partial charge in [-0.25, -0.2) is 0 Å². The molecule has 1 N–H and O–H groups in total. The van der Waals surface area contributed by atoms with Crippen molar-refractivity contribution < 1.29 is 24.2 Å². The number of aliphatic hydroxyl groups excluding tert-OH is 1. The highest BCUT2D eigenvalue weighted by atomic mass is 16.5. The van der Waals surface area contributed by atoms with Crippen LogP contribution in [0.2, 0.25) is 0 Å². The van der Waals surface area contributed by atoms with E-state index in [4.69, 9.17) is 4.74 Å². The molecule has 0 saturated carbocycles. The van der Waals surface area contributed by atoms with E-state index in [1.165, 1.54) is 0 Å². The van der Waals surface area contributed by atoms with E-state index in [2.05, 4.69) is 20.1 Å². The zero-order valence-electron chi connectivity index (χ0n) is 25.8. The normalized spacial score (nSPS) is 29.2. The van der Waals surface area contributed by atoms with Gasteiger partial charge in [0.1, 0.15) is 11.6 Å². The van der Waals surface area contributed by atoms with Crippen LogP contribution in [0.15, 0.2) is 55.6 Å². The maximum Gasteiger partial charge on any atom is 0.248 e. The minimum atomic E-state index is -1.16. The Kier molecular flexibility index (Phi) is 9.99. The Morgan fingerprint density at radius 1 is 1.10 bits per heavy atom. The maximum atomic E-state index is 14.8. The van der Waals surface area contributed by atoms with Crippen molar-refractivity contribution in [3.05, 3.63) is 61.2 Å². The highest BCUT2D eigenvalue weighted by Gasteiger charge is 2.79. The molecule has 8 heteroatoms. The summed E-state index contributed by atoms with van der Waals surface area (Å²) in [4.78, 5) is 49.1. The molecule has 3 aliphatic rings. The molecule has 3 unspecified atom stereocenters. The highest BCUT2D eigenvalue weighted by Crippen LogP contribution is 2.65. The van der Waals surface area contributed by atoms with Gasteiger partial charge in [0.25, 0.3) is 0 Å². The average molecular weight is 580 g/mol. The van der Waals surface area contributed by atoms with Gasteiger partial charge in [-0.3, -0.25) is 14.4 Å². The molecular weight excluding hydrogens is 530 g/mol. The summed E-state index contributed by atoms with van der Waals surface area (Å²) in [6, 6.07) is 7.52. The quantitative estimate of drug-likeness (QED) is 0.309. The molecular formula is C34H49N3O5. The van der Waals surface area contributed by atoms with Gasteiger partial charge in [0, 0.05) is 25.7 Å². The predicted molar refractivity (Wildman–Crippen MR) is 163 cm³/mol. The van der Waals surface area contributed by atoms with Gasteiger partial charge in [0.05, 0.1) is 30.1 Å². The number of likely N-dealkylation sites (tertiary alicyclic amines) is 1. The minimum Gasteiger partial charge on any atom is -0.394 e. The fourth-order valence-corrected chi connectivity index (χ4v) is 7.95. The van der Waals surface area contributed by atoms with E-state index >= 15 is 0 Å². The van der Waals surface area contributed by atoms with E-state index in [0.29, 0.717) is 38.9 Å². The van der Waals surface area contributed by atoms with Gasteiger partial charge in [0.15, 0.2) is 0 Å². The molecule has 3 heterocycles. The molecule has 8 nitrogen and oxygen atoms in total. The third kappa shape index (κ3) is 5.11. The van der Waals surface area contributed by atoms with Gasteiger partial charge in [-0.2, -0.15) is 0 Å². The third-order valence-corrected chi connectivity index (χ3v) is 9.81. The fraction of sp³-hybridized carbons (Fsp3) is 0.618. The Balaban J connectivity index is 1.90. The van der Waals surface area contributed by atoms with Crippen LogP contribution in [0.4, 0.5) is 0 Å². The van der Waals surface area contributed by atoms with Crippen molar-refractivity contribution >= 4 is 17.7 Å². The van der Waals surface area contributed by atoms with Crippen molar-refractivity contribution in [3.63, 3.8) is 0 Å². The second-order valence-corrected chi connectivity index (χ2v) is 12.2. The number of carbonyl (C=O) groups is 3. The second kappa shape index (κ2) is 13.1. The summed E-state index contributed by atoms with van der Waals surface area (Å²) in [6.45, 7) is 16.8. The van der Waals surface area contributed by atoms with Crippen LogP contribution >= 0.6 is 0 Å². The molecule has 1 aromatic carbocycles. The van der Waals surface area contributed by atoms with Gasteiger partial charge in [0.2, 0.25) is 17.7 Å².